The number of benzene rings is 3. The Morgan fingerprint density at radius 3 is 2.06 bits per heavy atom. The number of nitrogens with two attached hydrogens (primary N) is 1. The molecular formula is C27H24BrNO4S. The van der Waals surface area contributed by atoms with Gasteiger partial charge in [-0.3, -0.25) is 0 Å². The number of carboxylic acid groups (broad SMARTS) is 2. The molecule has 1 aromatic heterocycles. The number of hydrogen-bond acceptors (Lipinski definition) is 4. The van der Waals surface area contributed by atoms with Crippen LogP contribution in [-0.4, -0.2) is 22.2 Å². The van der Waals surface area contributed by atoms with Crippen LogP contribution in [0.2, 0.25) is 0 Å². The van der Waals surface area contributed by atoms with Crippen LogP contribution in [-0.2, 0) is 13.0 Å². The van der Waals surface area contributed by atoms with E-state index in [9.17, 15) is 9.59 Å². The lowest BCUT2D eigenvalue weighted by molar-refractivity contribution is 0.0696. The van der Waals surface area contributed by atoms with Gasteiger partial charge in [-0.15, -0.1) is 11.3 Å². The SMILES string of the molecule is Cc1c(C(=O)O)cc(Br)cc1C(=O)O.NCc1cccc(-c2ccc(Cc3ccccc3)s2)c1. The van der Waals surface area contributed by atoms with Crippen LogP contribution in [0, 0.1) is 6.92 Å². The zero-order valence-electron chi connectivity index (χ0n) is 18.5. The standard InChI is InChI=1S/C18H17NS.C9H7BrO4/c19-13-15-7-4-8-16(11-15)18-10-9-17(20-18)12-14-5-2-1-3-6-14;1-4-6(8(11)12)2-5(10)3-7(4)9(13)14/h1-11H,12-13,19H2;2-3H,1H3,(H,11,12)(H,13,14). The van der Waals surface area contributed by atoms with Crippen molar-refractivity contribution in [3.8, 4) is 10.4 Å². The molecule has 0 bridgehead atoms. The van der Waals surface area contributed by atoms with E-state index in [1.807, 2.05) is 11.3 Å². The zero-order chi connectivity index (χ0) is 24.7. The molecule has 34 heavy (non-hydrogen) atoms. The molecule has 4 aromatic rings. The second kappa shape index (κ2) is 11.7. The Morgan fingerprint density at radius 1 is 0.853 bits per heavy atom. The molecule has 1 heterocycles. The van der Waals surface area contributed by atoms with E-state index in [4.69, 9.17) is 15.9 Å². The number of aromatic carboxylic acids is 2. The molecule has 0 radical (unpaired) electrons. The molecule has 0 saturated heterocycles. The van der Waals surface area contributed by atoms with E-state index in [1.54, 1.807) is 0 Å². The van der Waals surface area contributed by atoms with Gasteiger partial charge < -0.3 is 15.9 Å². The molecule has 0 fully saturated rings. The third kappa shape index (κ3) is 6.63. The summed E-state index contributed by atoms with van der Waals surface area (Å²) in [7, 11) is 0. The van der Waals surface area contributed by atoms with Crippen LogP contribution in [0.5, 0.6) is 0 Å². The Bertz CT molecular complexity index is 1270. The molecule has 7 heteroatoms. The minimum atomic E-state index is -1.13. The summed E-state index contributed by atoms with van der Waals surface area (Å²) >= 11 is 4.92. The van der Waals surface area contributed by atoms with E-state index in [1.165, 1.54) is 45.5 Å². The Labute approximate surface area is 210 Å². The number of carbonyl (C=O) groups is 2. The summed E-state index contributed by atoms with van der Waals surface area (Å²) in [5.74, 6) is -2.27. The highest BCUT2D eigenvalue weighted by atomic mass is 79.9. The summed E-state index contributed by atoms with van der Waals surface area (Å²) in [5, 5.41) is 17.6. The highest BCUT2D eigenvalue weighted by Gasteiger charge is 2.16. The topological polar surface area (TPSA) is 101 Å². The number of halogens is 1. The number of carboxylic acids is 2. The zero-order valence-corrected chi connectivity index (χ0v) is 20.9. The number of rotatable bonds is 6. The molecule has 0 amide bonds. The molecule has 5 nitrogen and oxygen atoms in total. The summed E-state index contributed by atoms with van der Waals surface area (Å²) in [6.45, 7) is 2.06. The van der Waals surface area contributed by atoms with Crippen molar-refractivity contribution in [3.05, 3.63) is 116 Å². The third-order valence-corrected chi connectivity index (χ3v) is 6.76. The van der Waals surface area contributed by atoms with Gasteiger partial charge >= 0.3 is 11.9 Å². The minimum absolute atomic E-state index is 0.00299. The van der Waals surface area contributed by atoms with Gasteiger partial charge in [0.25, 0.3) is 0 Å². The van der Waals surface area contributed by atoms with Crippen molar-refractivity contribution in [2.24, 2.45) is 5.73 Å². The average molecular weight is 538 g/mol. The van der Waals surface area contributed by atoms with Crippen LogP contribution < -0.4 is 5.73 Å². The van der Waals surface area contributed by atoms with Gasteiger partial charge in [0.15, 0.2) is 0 Å². The molecule has 0 atom stereocenters. The second-order valence-electron chi connectivity index (χ2n) is 7.57. The Kier molecular flexibility index (Phi) is 8.76. The molecule has 174 valence electrons. The predicted octanol–water partition coefficient (Wildman–Crippen LogP) is 6.62. The lowest BCUT2D eigenvalue weighted by Crippen LogP contribution is -2.07. The van der Waals surface area contributed by atoms with Gasteiger partial charge in [-0.25, -0.2) is 9.59 Å². The first-order valence-corrected chi connectivity index (χ1v) is 12.1. The van der Waals surface area contributed by atoms with Gasteiger partial charge in [-0.1, -0.05) is 64.5 Å². The first-order chi connectivity index (χ1) is 16.3. The highest BCUT2D eigenvalue weighted by molar-refractivity contribution is 9.10. The minimum Gasteiger partial charge on any atom is -0.478 e. The number of thiophene rings is 1. The van der Waals surface area contributed by atoms with Crippen LogP contribution in [0.4, 0.5) is 0 Å². The summed E-state index contributed by atoms with van der Waals surface area (Å²) in [5.41, 5.74) is 9.76. The summed E-state index contributed by atoms with van der Waals surface area (Å²) < 4.78 is 0.443. The third-order valence-electron chi connectivity index (χ3n) is 5.16. The lowest BCUT2D eigenvalue weighted by Gasteiger charge is -2.05. The maximum atomic E-state index is 10.7. The first-order valence-electron chi connectivity index (χ1n) is 10.5. The van der Waals surface area contributed by atoms with Gasteiger partial charge in [0, 0.05) is 27.2 Å². The van der Waals surface area contributed by atoms with Crippen LogP contribution in [0.1, 0.15) is 42.3 Å². The number of hydrogen-bond donors (Lipinski definition) is 3. The van der Waals surface area contributed by atoms with Gasteiger partial charge in [0.05, 0.1) is 11.1 Å². The van der Waals surface area contributed by atoms with E-state index in [0.717, 1.165) is 6.42 Å². The molecule has 0 saturated carbocycles. The Hall–Kier alpha value is -3.26. The maximum Gasteiger partial charge on any atom is 0.336 e. The lowest BCUT2D eigenvalue weighted by atomic mass is 10.0. The van der Waals surface area contributed by atoms with Crippen molar-refractivity contribution in [3.63, 3.8) is 0 Å². The molecule has 0 aliphatic carbocycles. The molecule has 0 aliphatic heterocycles. The van der Waals surface area contributed by atoms with E-state index >= 15 is 0 Å². The molecule has 0 unspecified atom stereocenters. The van der Waals surface area contributed by atoms with Gasteiger partial charge in [-0.2, -0.15) is 0 Å². The Balaban J connectivity index is 0.000000204. The van der Waals surface area contributed by atoms with Gasteiger partial charge in [0.2, 0.25) is 0 Å². The van der Waals surface area contributed by atoms with Crippen molar-refractivity contribution in [1.29, 1.82) is 0 Å². The van der Waals surface area contributed by atoms with Crippen LogP contribution >= 0.6 is 27.3 Å². The van der Waals surface area contributed by atoms with Crippen molar-refractivity contribution in [2.75, 3.05) is 0 Å². The largest absolute Gasteiger partial charge is 0.478 e. The van der Waals surface area contributed by atoms with Crippen molar-refractivity contribution in [2.45, 2.75) is 19.9 Å². The summed E-state index contributed by atoms with van der Waals surface area (Å²) in [4.78, 5) is 24.2. The van der Waals surface area contributed by atoms with Crippen molar-refractivity contribution in [1.82, 2.24) is 0 Å². The van der Waals surface area contributed by atoms with Gasteiger partial charge in [-0.05, 0) is 59.5 Å². The van der Waals surface area contributed by atoms with Crippen LogP contribution in [0.15, 0.2) is 83.3 Å². The quantitative estimate of drug-likeness (QED) is 0.256. The predicted molar refractivity (Wildman–Crippen MR) is 140 cm³/mol. The molecular weight excluding hydrogens is 514 g/mol. The normalized spacial score (nSPS) is 10.3. The van der Waals surface area contributed by atoms with E-state index in [2.05, 4.69) is 82.7 Å². The second-order valence-corrected chi connectivity index (χ2v) is 9.65. The van der Waals surface area contributed by atoms with Gasteiger partial charge in [0.1, 0.15) is 0 Å². The van der Waals surface area contributed by atoms with E-state index in [-0.39, 0.29) is 16.7 Å². The summed E-state index contributed by atoms with van der Waals surface area (Å²) in [6.07, 6.45) is 1.00. The van der Waals surface area contributed by atoms with Crippen LogP contribution in [0.25, 0.3) is 10.4 Å². The monoisotopic (exact) mass is 537 g/mol. The van der Waals surface area contributed by atoms with Crippen molar-refractivity contribution >= 4 is 39.2 Å². The fourth-order valence-corrected chi connectivity index (χ4v) is 4.90. The smallest absolute Gasteiger partial charge is 0.336 e. The molecule has 4 rings (SSSR count). The first kappa shape index (κ1) is 25.4. The molecule has 0 aliphatic rings. The fraction of sp³-hybridized carbons (Fsp3) is 0.111. The highest BCUT2D eigenvalue weighted by Crippen LogP contribution is 2.30. The van der Waals surface area contributed by atoms with Crippen LogP contribution in [0.3, 0.4) is 0 Å². The molecule has 3 aromatic carbocycles. The van der Waals surface area contributed by atoms with E-state index in [0.29, 0.717) is 11.0 Å². The fourth-order valence-electron chi connectivity index (χ4n) is 3.40. The van der Waals surface area contributed by atoms with E-state index < -0.39 is 11.9 Å². The average Bonchev–Trinajstić information content (AvgIpc) is 3.29. The molecule has 4 N–H and O–H groups in total. The Morgan fingerprint density at radius 2 is 1.47 bits per heavy atom. The maximum absolute atomic E-state index is 10.7. The molecule has 0 spiro atoms. The summed E-state index contributed by atoms with van der Waals surface area (Å²) in [6, 6.07) is 26.3. The van der Waals surface area contributed by atoms with Crippen molar-refractivity contribution < 1.29 is 19.8 Å².